The number of ether oxygens (including phenoxy) is 3. The maximum Gasteiger partial charge on any atom is 0.259 e. The molecule has 0 saturated carbocycles. The summed E-state index contributed by atoms with van der Waals surface area (Å²) < 4.78 is 16.4. The molecule has 1 aromatic rings. The molecule has 4 rings (SSSR count). The number of benzene rings is 1. The van der Waals surface area contributed by atoms with E-state index in [0.29, 0.717) is 22.8 Å². The minimum atomic E-state index is -1.39. The molecule has 0 bridgehead atoms. The highest BCUT2D eigenvalue weighted by Crippen LogP contribution is 2.59. The zero-order chi connectivity index (χ0) is 20.4. The van der Waals surface area contributed by atoms with Gasteiger partial charge in [0.25, 0.3) is 5.91 Å². The molecule has 3 aliphatic heterocycles. The van der Waals surface area contributed by atoms with Crippen LogP contribution in [0.4, 0.5) is 0 Å². The molecule has 28 heavy (non-hydrogen) atoms. The molecule has 9 heteroatoms. The smallest absolute Gasteiger partial charge is 0.259 e. The van der Waals surface area contributed by atoms with Gasteiger partial charge in [-0.25, -0.2) is 0 Å². The SMILES string of the molecule is COc1cc(C2N3C(=O)C(C)N(C)C(=O)C3(S)CC2(C)C#N)cc2c1OCO2. The Kier molecular flexibility index (Phi) is 3.98. The van der Waals surface area contributed by atoms with E-state index in [1.54, 1.807) is 33.0 Å². The van der Waals surface area contributed by atoms with Crippen LogP contribution in [0, 0.1) is 16.7 Å². The Balaban J connectivity index is 1.92. The lowest BCUT2D eigenvalue weighted by atomic mass is 9.79. The molecule has 4 unspecified atom stereocenters. The fourth-order valence-corrected chi connectivity index (χ4v) is 5.13. The van der Waals surface area contributed by atoms with Gasteiger partial charge in [-0.2, -0.15) is 5.26 Å². The van der Waals surface area contributed by atoms with Crippen LogP contribution in [0.15, 0.2) is 12.1 Å². The first-order valence-electron chi connectivity index (χ1n) is 8.89. The number of piperazine rings is 1. The van der Waals surface area contributed by atoms with Gasteiger partial charge in [-0.3, -0.25) is 9.59 Å². The Labute approximate surface area is 168 Å². The fraction of sp³-hybridized carbons (Fsp3) is 0.526. The molecular formula is C19H21N3O5S. The summed E-state index contributed by atoms with van der Waals surface area (Å²) in [6.45, 7) is 3.48. The second-order valence-electron chi connectivity index (χ2n) is 7.68. The number of carbonyl (C=O) groups excluding carboxylic acids is 2. The maximum absolute atomic E-state index is 13.2. The lowest BCUT2D eigenvalue weighted by Gasteiger charge is -2.46. The molecule has 2 fully saturated rings. The van der Waals surface area contributed by atoms with Crippen LogP contribution in [-0.2, 0) is 9.59 Å². The number of thiol groups is 1. The van der Waals surface area contributed by atoms with Crippen molar-refractivity contribution in [3.05, 3.63) is 17.7 Å². The van der Waals surface area contributed by atoms with E-state index in [0.717, 1.165) is 0 Å². The van der Waals surface area contributed by atoms with Crippen molar-refractivity contribution in [1.82, 2.24) is 9.80 Å². The normalized spacial score (nSPS) is 33.7. The van der Waals surface area contributed by atoms with Gasteiger partial charge in [-0.05, 0) is 31.5 Å². The van der Waals surface area contributed by atoms with Gasteiger partial charge in [0.05, 0.1) is 24.6 Å². The zero-order valence-corrected chi connectivity index (χ0v) is 16.9. The van der Waals surface area contributed by atoms with E-state index >= 15 is 0 Å². The Morgan fingerprint density at radius 3 is 2.71 bits per heavy atom. The number of nitrogens with zero attached hydrogens (tertiary/aromatic N) is 3. The molecule has 8 nitrogen and oxygen atoms in total. The van der Waals surface area contributed by atoms with Gasteiger partial charge in [0.1, 0.15) is 6.04 Å². The summed E-state index contributed by atoms with van der Waals surface area (Å²) in [7, 11) is 3.09. The Morgan fingerprint density at radius 1 is 1.36 bits per heavy atom. The van der Waals surface area contributed by atoms with Crippen LogP contribution in [0.3, 0.4) is 0 Å². The molecule has 0 aromatic heterocycles. The highest BCUT2D eigenvalue weighted by molar-refractivity contribution is 7.82. The summed E-state index contributed by atoms with van der Waals surface area (Å²) >= 11 is 4.64. The Morgan fingerprint density at radius 2 is 2.07 bits per heavy atom. The highest BCUT2D eigenvalue weighted by Gasteiger charge is 2.66. The number of hydrogen-bond acceptors (Lipinski definition) is 7. The summed E-state index contributed by atoms with van der Waals surface area (Å²) in [5.74, 6) is 0.863. The third-order valence-electron chi connectivity index (χ3n) is 5.96. The molecule has 2 saturated heterocycles. The van der Waals surface area contributed by atoms with E-state index in [1.165, 1.54) is 16.9 Å². The average Bonchev–Trinajstić information content (AvgIpc) is 3.25. The maximum atomic E-state index is 13.2. The summed E-state index contributed by atoms with van der Waals surface area (Å²) in [6.07, 6.45) is 0.114. The van der Waals surface area contributed by atoms with Gasteiger partial charge in [0.2, 0.25) is 18.4 Å². The predicted molar refractivity (Wildman–Crippen MR) is 101 cm³/mol. The molecule has 3 aliphatic rings. The molecule has 2 amide bonds. The van der Waals surface area contributed by atoms with Crippen LogP contribution < -0.4 is 14.2 Å². The van der Waals surface area contributed by atoms with Crippen molar-refractivity contribution >= 4 is 24.4 Å². The summed E-state index contributed by atoms with van der Waals surface area (Å²) in [5.41, 5.74) is -0.393. The van der Waals surface area contributed by atoms with Crippen LogP contribution in [-0.4, -0.2) is 53.5 Å². The highest BCUT2D eigenvalue weighted by atomic mass is 32.1. The second-order valence-corrected chi connectivity index (χ2v) is 8.42. The van der Waals surface area contributed by atoms with Crippen molar-refractivity contribution in [2.75, 3.05) is 21.0 Å². The number of fused-ring (bicyclic) bond motifs is 2. The van der Waals surface area contributed by atoms with E-state index in [9.17, 15) is 14.9 Å². The molecule has 148 valence electrons. The number of rotatable bonds is 2. The van der Waals surface area contributed by atoms with Gasteiger partial charge < -0.3 is 24.0 Å². The van der Waals surface area contributed by atoms with Gasteiger partial charge in [-0.1, -0.05) is 0 Å². The first-order valence-corrected chi connectivity index (χ1v) is 9.34. The lowest BCUT2D eigenvalue weighted by Crippen LogP contribution is -2.65. The molecule has 0 N–H and O–H groups in total. The standard InChI is InChI=1S/C19H21N3O5S/c1-10-16(23)22-15(11-5-12(25-4)14-13(6-11)26-9-27-14)18(2,8-20)7-19(22,28)17(24)21(10)3/h5-6,10,15,28H,7,9H2,1-4H3. The van der Waals surface area contributed by atoms with Crippen LogP contribution in [0.1, 0.15) is 31.9 Å². The number of nitriles is 1. The van der Waals surface area contributed by atoms with Crippen molar-refractivity contribution in [2.45, 2.75) is 37.2 Å². The third-order valence-corrected chi connectivity index (χ3v) is 6.53. The largest absolute Gasteiger partial charge is 0.493 e. The van der Waals surface area contributed by atoms with Gasteiger partial charge in [0, 0.05) is 13.5 Å². The molecular weight excluding hydrogens is 382 g/mol. The lowest BCUT2D eigenvalue weighted by molar-refractivity contribution is -0.161. The average molecular weight is 403 g/mol. The van der Waals surface area contributed by atoms with E-state index in [4.69, 9.17) is 14.2 Å². The molecule has 0 aliphatic carbocycles. The van der Waals surface area contributed by atoms with Crippen LogP contribution >= 0.6 is 12.6 Å². The number of carbonyl (C=O) groups is 2. The fourth-order valence-electron chi connectivity index (χ4n) is 4.43. The number of hydrogen-bond donors (Lipinski definition) is 1. The first kappa shape index (κ1) is 18.7. The van der Waals surface area contributed by atoms with Crippen molar-refractivity contribution < 1.29 is 23.8 Å². The van der Waals surface area contributed by atoms with Crippen LogP contribution in [0.2, 0.25) is 0 Å². The van der Waals surface area contributed by atoms with E-state index < -0.39 is 22.4 Å². The number of amides is 2. The minimum absolute atomic E-state index is 0.0643. The summed E-state index contributed by atoms with van der Waals surface area (Å²) in [4.78, 5) is 27.7. The first-order chi connectivity index (χ1) is 13.2. The Bertz CT molecular complexity index is 931. The summed E-state index contributed by atoms with van der Waals surface area (Å²) in [5, 5.41) is 10.0. The molecule has 4 atom stereocenters. The molecule has 0 radical (unpaired) electrons. The molecule has 3 heterocycles. The topological polar surface area (TPSA) is 92.1 Å². The van der Waals surface area contributed by atoms with Gasteiger partial charge in [0.15, 0.2) is 16.4 Å². The second kappa shape index (κ2) is 5.95. The quantitative estimate of drug-likeness (QED) is 0.756. The summed E-state index contributed by atoms with van der Waals surface area (Å²) in [6, 6.07) is 4.46. The van der Waals surface area contributed by atoms with E-state index in [-0.39, 0.29) is 25.0 Å². The Hall–Kier alpha value is -2.60. The minimum Gasteiger partial charge on any atom is -0.493 e. The van der Waals surface area contributed by atoms with Crippen molar-refractivity contribution in [3.8, 4) is 23.3 Å². The van der Waals surface area contributed by atoms with Crippen LogP contribution in [0.5, 0.6) is 17.2 Å². The predicted octanol–water partition coefficient (Wildman–Crippen LogP) is 1.71. The number of methoxy groups -OCH3 is 1. The monoisotopic (exact) mass is 403 g/mol. The van der Waals surface area contributed by atoms with Gasteiger partial charge in [-0.15, -0.1) is 12.6 Å². The van der Waals surface area contributed by atoms with E-state index in [1.807, 2.05) is 0 Å². The van der Waals surface area contributed by atoms with Crippen LogP contribution in [0.25, 0.3) is 0 Å². The van der Waals surface area contributed by atoms with Crippen molar-refractivity contribution in [1.29, 1.82) is 5.26 Å². The van der Waals surface area contributed by atoms with E-state index in [2.05, 4.69) is 18.7 Å². The molecule has 1 aromatic carbocycles. The van der Waals surface area contributed by atoms with Crippen molar-refractivity contribution in [2.24, 2.45) is 5.41 Å². The number of likely N-dealkylation sites (N-methyl/N-ethyl adjacent to an activating group) is 1. The van der Waals surface area contributed by atoms with Gasteiger partial charge >= 0.3 is 0 Å². The third kappa shape index (κ3) is 2.24. The van der Waals surface area contributed by atoms with Crippen molar-refractivity contribution in [3.63, 3.8) is 0 Å². The molecule has 0 spiro atoms. The zero-order valence-electron chi connectivity index (χ0n) is 16.1.